The van der Waals surface area contributed by atoms with Crippen LogP contribution >= 0.6 is 24.8 Å². The van der Waals surface area contributed by atoms with E-state index < -0.39 is 0 Å². The van der Waals surface area contributed by atoms with Gasteiger partial charge in [-0.1, -0.05) is 43.2 Å². The number of unbranched alkanes of at least 4 members (excludes halogenated alkanes) is 3. The zero-order valence-corrected chi connectivity index (χ0v) is 16.6. The van der Waals surface area contributed by atoms with Crippen LogP contribution in [0.4, 0.5) is 0 Å². The Hall–Kier alpha value is -0.810. The zero-order valence-electron chi connectivity index (χ0n) is 15.0. The fourth-order valence-corrected chi connectivity index (χ4v) is 3.27. The maximum absolute atomic E-state index is 12.1. The van der Waals surface area contributed by atoms with Crippen molar-refractivity contribution >= 4 is 30.7 Å². The predicted molar refractivity (Wildman–Crippen MR) is 110 cm³/mol. The number of hydrogen-bond acceptors (Lipinski definition) is 3. The summed E-state index contributed by atoms with van der Waals surface area (Å²) in [4.78, 5) is 14.6. The molecule has 6 heteroatoms. The third-order valence-electron chi connectivity index (χ3n) is 4.62. The van der Waals surface area contributed by atoms with Gasteiger partial charge in [-0.15, -0.1) is 24.8 Å². The second-order valence-corrected chi connectivity index (χ2v) is 6.43. The Morgan fingerprint density at radius 2 is 1.68 bits per heavy atom. The molecule has 0 spiro atoms. The minimum Gasteiger partial charge on any atom is -0.354 e. The largest absolute Gasteiger partial charge is 0.354 e. The van der Waals surface area contributed by atoms with Crippen molar-refractivity contribution in [1.82, 2.24) is 10.2 Å². The topological polar surface area (TPSA) is 58.4 Å². The molecule has 4 nitrogen and oxygen atoms in total. The number of amides is 1. The van der Waals surface area contributed by atoms with Crippen molar-refractivity contribution in [2.75, 3.05) is 26.2 Å². The Labute approximate surface area is 164 Å². The van der Waals surface area contributed by atoms with Crippen LogP contribution in [0.2, 0.25) is 0 Å². The summed E-state index contributed by atoms with van der Waals surface area (Å²) >= 11 is 0. The summed E-state index contributed by atoms with van der Waals surface area (Å²) in [6, 6.07) is 10.9. The van der Waals surface area contributed by atoms with E-state index in [1.165, 1.54) is 18.4 Å². The molecule has 0 saturated carbocycles. The highest BCUT2D eigenvalue weighted by atomic mass is 35.5. The van der Waals surface area contributed by atoms with Crippen LogP contribution in [-0.4, -0.2) is 37.0 Å². The monoisotopic (exact) mass is 389 g/mol. The van der Waals surface area contributed by atoms with Gasteiger partial charge in [-0.05, 0) is 50.9 Å². The van der Waals surface area contributed by atoms with Crippen LogP contribution in [0.25, 0.3) is 0 Å². The first-order valence-corrected chi connectivity index (χ1v) is 9.07. The van der Waals surface area contributed by atoms with E-state index in [0.717, 1.165) is 45.3 Å². The van der Waals surface area contributed by atoms with E-state index in [9.17, 15) is 4.79 Å². The first-order valence-electron chi connectivity index (χ1n) is 9.07. The van der Waals surface area contributed by atoms with Gasteiger partial charge in [0, 0.05) is 13.0 Å². The van der Waals surface area contributed by atoms with Crippen LogP contribution in [0.15, 0.2) is 30.3 Å². The van der Waals surface area contributed by atoms with Crippen LogP contribution in [0.5, 0.6) is 0 Å². The Kier molecular flexibility index (Phi) is 13.9. The maximum Gasteiger partial charge on any atom is 0.220 e. The minimum absolute atomic E-state index is 0. The van der Waals surface area contributed by atoms with E-state index >= 15 is 0 Å². The van der Waals surface area contributed by atoms with E-state index in [1.807, 2.05) is 6.07 Å². The van der Waals surface area contributed by atoms with Gasteiger partial charge in [-0.3, -0.25) is 9.69 Å². The lowest BCUT2D eigenvalue weighted by molar-refractivity contribution is -0.121. The van der Waals surface area contributed by atoms with Crippen LogP contribution in [0.3, 0.4) is 0 Å². The van der Waals surface area contributed by atoms with Gasteiger partial charge in [0.15, 0.2) is 0 Å². The van der Waals surface area contributed by atoms with Gasteiger partial charge in [0.2, 0.25) is 5.91 Å². The molecule has 1 unspecified atom stereocenters. The molecule has 3 N–H and O–H groups in total. The van der Waals surface area contributed by atoms with Crippen molar-refractivity contribution < 1.29 is 4.79 Å². The Bertz CT molecular complexity index is 453. The lowest BCUT2D eigenvalue weighted by Gasteiger charge is -2.28. The molecule has 1 saturated heterocycles. The molecule has 1 aliphatic rings. The first-order chi connectivity index (χ1) is 11.3. The average molecular weight is 390 g/mol. The maximum atomic E-state index is 12.1. The van der Waals surface area contributed by atoms with Gasteiger partial charge >= 0.3 is 0 Å². The van der Waals surface area contributed by atoms with Crippen molar-refractivity contribution in [1.29, 1.82) is 0 Å². The highest BCUT2D eigenvalue weighted by Gasteiger charge is 2.23. The van der Waals surface area contributed by atoms with Crippen molar-refractivity contribution in [3.05, 3.63) is 35.9 Å². The SMILES string of the molecule is Cl.Cl.NCCCCCCC(=O)NCC(c1ccccc1)N1CCCC1. The van der Waals surface area contributed by atoms with Gasteiger partial charge in [0.05, 0.1) is 6.04 Å². The molecule has 1 heterocycles. The summed E-state index contributed by atoms with van der Waals surface area (Å²) in [5.41, 5.74) is 6.79. The molecule has 144 valence electrons. The lowest BCUT2D eigenvalue weighted by atomic mass is 10.1. The number of carbonyl (C=O) groups is 1. The standard InChI is InChI=1S/C19H31N3O.2ClH/c20-13-7-2-1-6-12-19(23)21-16-18(22-14-8-9-15-22)17-10-4-3-5-11-17;;/h3-5,10-11,18H,1-2,6-9,12-16,20H2,(H,21,23);2*1H. The molecule has 0 bridgehead atoms. The van der Waals surface area contributed by atoms with Crippen LogP contribution < -0.4 is 11.1 Å². The molecule has 1 aromatic rings. The Morgan fingerprint density at radius 3 is 2.32 bits per heavy atom. The normalized spacial score (nSPS) is 15.1. The molecule has 0 aliphatic carbocycles. The van der Waals surface area contributed by atoms with Crippen molar-refractivity contribution in [3.63, 3.8) is 0 Å². The zero-order chi connectivity index (χ0) is 16.3. The summed E-state index contributed by atoms with van der Waals surface area (Å²) in [6.07, 6.45) is 7.41. The first kappa shape index (κ1) is 24.2. The molecule has 1 fully saturated rings. The van der Waals surface area contributed by atoms with Crippen molar-refractivity contribution in [2.45, 2.75) is 51.0 Å². The lowest BCUT2D eigenvalue weighted by Crippen LogP contribution is -2.36. The summed E-state index contributed by atoms with van der Waals surface area (Å²) in [5.74, 6) is 0.179. The number of carbonyl (C=O) groups excluding carboxylic acids is 1. The highest BCUT2D eigenvalue weighted by molar-refractivity contribution is 5.85. The third kappa shape index (κ3) is 8.91. The number of hydrogen-bond donors (Lipinski definition) is 2. The van der Waals surface area contributed by atoms with E-state index in [0.29, 0.717) is 19.0 Å². The fourth-order valence-electron chi connectivity index (χ4n) is 3.27. The van der Waals surface area contributed by atoms with Gasteiger partial charge in [0.25, 0.3) is 0 Å². The Morgan fingerprint density at radius 1 is 1.04 bits per heavy atom. The van der Waals surface area contributed by atoms with Gasteiger partial charge < -0.3 is 11.1 Å². The van der Waals surface area contributed by atoms with E-state index in [1.54, 1.807) is 0 Å². The number of nitrogens with two attached hydrogens (primary N) is 1. The summed E-state index contributed by atoms with van der Waals surface area (Å²) < 4.78 is 0. The molecule has 1 atom stereocenters. The third-order valence-corrected chi connectivity index (χ3v) is 4.62. The number of nitrogens with one attached hydrogen (secondary N) is 1. The second kappa shape index (κ2) is 14.4. The van der Waals surface area contributed by atoms with Crippen molar-refractivity contribution in [2.24, 2.45) is 5.73 Å². The van der Waals surface area contributed by atoms with Crippen molar-refractivity contribution in [3.8, 4) is 0 Å². The number of nitrogens with zero attached hydrogens (tertiary/aromatic N) is 1. The fraction of sp³-hybridized carbons (Fsp3) is 0.632. The highest BCUT2D eigenvalue weighted by Crippen LogP contribution is 2.24. The van der Waals surface area contributed by atoms with Gasteiger partial charge in [0.1, 0.15) is 0 Å². The predicted octanol–water partition coefficient (Wildman–Crippen LogP) is 3.69. The molecule has 1 amide bonds. The quantitative estimate of drug-likeness (QED) is 0.599. The number of halogens is 2. The summed E-state index contributed by atoms with van der Waals surface area (Å²) in [6.45, 7) is 3.73. The number of likely N-dealkylation sites (tertiary alicyclic amines) is 1. The van der Waals surface area contributed by atoms with Gasteiger partial charge in [-0.25, -0.2) is 0 Å². The molecule has 25 heavy (non-hydrogen) atoms. The molecule has 1 aliphatic heterocycles. The van der Waals surface area contributed by atoms with E-state index in [2.05, 4.69) is 34.5 Å². The van der Waals surface area contributed by atoms with Crippen LogP contribution in [-0.2, 0) is 4.79 Å². The molecule has 2 rings (SSSR count). The van der Waals surface area contributed by atoms with Crippen LogP contribution in [0.1, 0.15) is 56.6 Å². The average Bonchev–Trinajstić information content (AvgIpc) is 3.10. The number of benzene rings is 1. The molecule has 0 radical (unpaired) electrons. The molecular formula is C19H33Cl2N3O. The summed E-state index contributed by atoms with van der Waals surface area (Å²) in [5, 5.41) is 3.14. The summed E-state index contributed by atoms with van der Waals surface area (Å²) in [7, 11) is 0. The van der Waals surface area contributed by atoms with E-state index in [4.69, 9.17) is 5.73 Å². The van der Waals surface area contributed by atoms with E-state index in [-0.39, 0.29) is 30.7 Å². The molecule has 1 aromatic carbocycles. The molecular weight excluding hydrogens is 357 g/mol. The number of rotatable bonds is 10. The van der Waals surface area contributed by atoms with Crippen LogP contribution in [0, 0.1) is 0 Å². The molecule has 0 aromatic heterocycles. The minimum atomic E-state index is 0. The smallest absolute Gasteiger partial charge is 0.220 e. The van der Waals surface area contributed by atoms with Gasteiger partial charge in [-0.2, -0.15) is 0 Å². The Balaban J connectivity index is 0.00000288. The second-order valence-electron chi connectivity index (χ2n) is 6.43.